The molecule has 3 aromatic rings. The van der Waals surface area contributed by atoms with E-state index >= 15 is 0 Å². The fourth-order valence-corrected chi connectivity index (χ4v) is 2.42. The van der Waals surface area contributed by atoms with E-state index in [-0.39, 0.29) is 5.06 Å². The van der Waals surface area contributed by atoms with E-state index in [2.05, 4.69) is 4.98 Å². The molecule has 0 fully saturated rings. The van der Waals surface area contributed by atoms with Crippen molar-refractivity contribution >= 4 is 16.6 Å². The molecule has 1 heterocycles. The fraction of sp³-hybridized carbons (Fsp3) is 0.167. The molecule has 3 rings (SSSR count). The summed E-state index contributed by atoms with van der Waals surface area (Å²) < 4.78 is 16.6. The second-order valence-corrected chi connectivity index (χ2v) is 5.22. The number of fused-ring (bicyclic) bond motifs is 1. The number of hydrogen-bond acceptors (Lipinski definition) is 5. The van der Waals surface area contributed by atoms with E-state index in [0.717, 1.165) is 10.9 Å². The second-order valence-electron chi connectivity index (χ2n) is 5.22. The SMILES string of the molecule is COc1cc2nccc(Oc3ccc([NH+](C)[O-])cc3)c2cc1OC. The molecule has 0 bridgehead atoms. The third kappa shape index (κ3) is 3.10. The number of benzene rings is 2. The van der Waals surface area contributed by atoms with Crippen molar-refractivity contribution in [2.75, 3.05) is 21.3 Å². The van der Waals surface area contributed by atoms with Gasteiger partial charge < -0.3 is 24.5 Å². The third-order valence-corrected chi connectivity index (χ3v) is 3.70. The maximum atomic E-state index is 11.3. The zero-order valence-electron chi connectivity index (χ0n) is 13.7. The lowest BCUT2D eigenvalue weighted by atomic mass is 10.2. The summed E-state index contributed by atoms with van der Waals surface area (Å²) in [6.07, 6.45) is 1.67. The van der Waals surface area contributed by atoms with Crippen molar-refractivity contribution in [2.45, 2.75) is 0 Å². The highest BCUT2D eigenvalue weighted by Crippen LogP contribution is 2.36. The van der Waals surface area contributed by atoms with E-state index in [1.54, 1.807) is 56.8 Å². The van der Waals surface area contributed by atoms with E-state index in [9.17, 15) is 5.21 Å². The van der Waals surface area contributed by atoms with Crippen molar-refractivity contribution < 1.29 is 19.3 Å². The third-order valence-electron chi connectivity index (χ3n) is 3.70. The van der Waals surface area contributed by atoms with Crippen molar-refractivity contribution in [3.63, 3.8) is 0 Å². The quantitative estimate of drug-likeness (QED) is 0.730. The topological polar surface area (TPSA) is 68.1 Å². The number of ether oxygens (including phenoxy) is 3. The monoisotopic (exact) mass is 326 g/mol. The summed E-state index contributed by atoms with van der Waals surface area (Å²) in [5.41, 5.74) is 1.39. The first-order valence-corrected chi connectivity index (χ1v) is 7.42. The van der Waals surface area contributed by atoms with Crippen LogP contribution in [0.4, 0.5) is 5.69 Å². The van der Waals surface area contributed by atoms with Crippen LogP contribution in [-0.4, -0.2) is 26.3 Å². The van der Waals surface area contributed by atoms with Gasteiger partial charge in [-0.05, 0) is 24.3 Å². The summed E-state index contributed by atoms with van der Waals surface area (Å²) in [6, 6.07) is 12.4. The van der Waals surface area contributed by atoms with Gasteiger partial charge in [-0.25, -0.2) is 0 Å². The minimum absolute atomic E-state index is 0.0211. The zero-order chi connectivity index (χ0) is 17.1. The first-order chi connectivity index (χ1) is 11.6. The number of nitrogens with one attached hydrogen (secondary N) is 1. The van der Waals surface area contributed by atoms with Gasteiger partial charge in [-0.3, -0.25) is 4.98 Å². The number of aromatic nitrogens is 1. The van der Waals surface area contributed by atoms with Crippen molar-refractivity contribution in [3.8, 4) is 23.0 Å². The number of hydroxylamine groups is 1. The molecule has 0 amide bonds. The van der Waals surface area contributed by atoms with Crippen LogP contribution in [0.15, 0.2) is 48.7 Å². The van der Waals surface area contributed by atoms with Gasteiger partial charge in [-0.2, -0.15) is 0 Å². The van der Waals surface area contributed by atoms with Gasteiger partial charge in [0.25, 0.3) is 0 Å². The summed E-state index contributed by atoms with van der Waals surface area (Å²) in [7, 11) is 4.70. The molecule has 0 aliphatic carbocycles. The Balaban J connectivity index is 1.99. The first-order valence-electron chi connectivity index (χ1n) is 7.42. The van der Waals surface area contributed by atoms with E-state index in [1.165, 1.54) is 7.05 Å². The summed E-state index contributed by atoms with van der Waals surface area (Å²) in [4.78, 5) is 4.34. The van der Waals surface area contributed by atoms with Crippen LogP contribution >= 0.6 is 0 Å². The first kappa shape index (κ1) is 16.0. The Hall–Kier alpha value is -2.83. The average Bonchev–Trinajstić information content (AvgIpc) is 2.61. The van der Waals surface area contributed by atoms with Gasteiger partial charge in [-0.15, -0.1) is 0 Å². The van der Waals surface area contributed by atoms with Crippen LogP contribution in [0, 0.1) is 5.21 Å². The minimum Gasteiger partial charge on any atom is -0.629 e. The van der Waals surface area contributed by atoms with E-state index in [0.29, 0.717) is 28.7 Å². The molecule has 2 aromatic carbocycles. The molecular weight excluding hydrogens is 308 g/mol. The molecule has 6 heteroatoms. The summed E-state index contributed by atoms with van der Waals surface area (Å²) >= 11 is 0. The molecule has 1 N–H and O–H groups in total. The zero-order valence-corrected chi connectivity index (χ0v) is 13.7. The number of hydrogen-bond donors (Lipinski definition) is 1. The number of quaternary nitrogens is 1. The van der Waals surface area contributed by atoms with Crippen LogP contribution in [0.1, 0.15) is 0 Å². The van der Waals surface area contributed by atoms with E-state index < -0.39 is 0 Å². The normalized spacial score (nSPS) is 12.0. The predicted octanol–water partition coefficient (Wildman–Crippen LogP) is 2.69. The Labute approximate surface area is 139 Å². The minimum atomic E-state index is 0.0211. The van der Waals surface area contributed by atoms with Crippen LogP contribution < -0.4 is 19.3 Å². The maximum absolute atomic E-state index is 11.3. The molecule has 0 spiro atoms. The molecule has 1 aromatic heterocycles. The molecule has 0 aliphatic rings. The number of rotatable bonds is 5. The molecule has 24 heavy (non-hydrogen) atoms. The number of methoxy groups -OCH3 is 2. The van der Waals surface area contributed by atoms with Crippen molar-refractivity contribution in [2.24, 2.45) is 0 Å². The van der Waals surface area contributed by atoms with E-state index in [4.69, 9.17) is 14.2 Å². The highest BCUT2D eigenvalue weighted by atomic mass is 16.5. The van der Waals surface area contributed by atoms with Gasteiger partial charge in [0.1, 0.15) is 17.2 Å². The summed E-state index contributed by atoms with van der Waals surface area (Å²) in [6.45, 7) is 0. The Morgan fingerprint density at radius 2 is 1.58 bits per heavy atom. The van der Waals surface area contributed by atoms with Crippen LogP contribution in [0.2, 0.25) is 0 Å². The van der Waals surface area contributed by atoms with Crippen molar-refractivity contribution in [1.82, 2.24) is 4.98 Å². The van der Waals surface area contributed by atoms with Gasteiger partial charge in [-0.1, -0.05) is 0 Å². The lowest BCUT2D eigenvalue weighted by molar-refractivity contribution is -0.751. The maximum Gasteiger partial charge on any atom is 0.162 e. The Bertz CT molecular complexity index is 848. The number of pyridine rings is 1. The van der Waals surface area contributed by atoms with Crippen LogP contribution in [-0.2, 0) is 0 Å². The molecule has 1 unspecified atom stereocenters. The molecular formula is C18H18N2O4. The van der Waals surface area contributed by atoms with Crippen LogP contribution in [0.3, 0.4) is 0 Å². The molecule has 0 saturated heterocycles. The largest absolute Gasteiger partial charge is 0.629 e. The number of nitrogens with zero attached hydrogens (tertiary/aromatic N) is 1. The molecule has 1 atom stereocenters. The molecule has 6 nitrogen and oxygen atoms in total. The second kappa shape index (κ2) is 6.74. The smallest absolute Gasteiger partial charge is 0.162 e. The molecule has 0 saturated carbocycles. The van der Waals surface area contributed by atoms with Gasteiger partial charge in [0.05, 0.1) is 26.8 Å². The van der Waals surface area contributed by atoms with Gasteiger partial charge in [0.2, 0.25) is 0 Å². The Kier molecular flexibility index (Phi) is 4.50. The lowest BCUT2D eigenvalue weighted by Gasteiger charge is -2.16. The molecule has 124 valence electrons. The lowest BCUT2D eigenvalue weighted by Crippen LogP contribution is -2.98. The molecule has 0 radical (unpaired) electrons. The molecule has 0 aliphatic heterocycles. The van der Waals surface area contributed by atoms with Crippen molar-refractivity contribution in [1.29, 1.82) is 0 Å². The van der Waals surface area contributed by atoms with Crippen LogP contribution in [0.5, 0.6) is 23.0 Å². The van der Waals surface area contributed by atoms with Gasteiger partial charge in [0, 0.05) is 29.8 Å². The van der Waals surface area contributed by atoms with Crippen molar-refractivity contribution in [3.05, 3.63) is 53.9 Å². The van der Waals surface area contributed by atoms with Gasteiger partial charge in [0.15, 0.2) is 11.5 Å². The Morgan fingerprint density at radius 1 is 0.917 bits per heavy atom. The van der Waals surface area contributed by atoms with E-state index in [1.807, 2.05) is 6.07 Å². The Morgan fingerprint density at radius 3 is 2.21 bits per heavy atom. The summed E-state index contributed by atoms with van der Waals surface area (Å²) in [5.74, 6) is 2.51. The summed E-state index contributed by atoms with van der Waals surface area (Å²) in [5, 5.41) is 12.2. The average molecular weight is 326 g/mol. The highest BCUT2D eigenvalue weighted by Gasteiger charge is 2.11. The predicted molar refractivity (Wildman–Crippen MR) is 91.3 cm³/mol. The standard InChI is InChI=1S/C18H18N2O4/c1-20(21)12-4-6-13(7-5-12)24-16-8-9-19-15-11-18(23-3)17(22-2)10-14(15)16/h4-11,20H,1-3H3. The fourth-order valence-electron chi connectivity index (χ4n) is 2.42. The van der Waals surface area contributed by atoms with Gasteiger partial charge >= 0.3 is 0 Å². The van der Waals surface area contributed by atoms with Crippen LogP contribution in [0.25, 0.3) is 10.9 Å². The highest BCUT2D eigenvalue weighted by molar-refractivity contribution is 5.88.